The molecule has 218 valence electrons. The highest BCUT2D eigenvalue weighted by atomic mass is 79.9. The summed E-state index contributed by atoms with van der Waals surface area (Å²) in [5.41, 5.74) is 5.94. The Morgan fingerprint density at radius 1 is 0.769 bits per heavy atom. The van der Waals surface area contributed by atoms with Gasteiger partial charge in [-0.3, -0.25) is 0 Å². The molecule has 0 spiro atoms. The second kappa shape index (κ2) is 16.6. The number of methoxy groups -OCH3 is 4. The van der Waals surface area contributed by atoms with Gasteiger partial charge < -0.3 is 40.8 Å². The summed E-state index contributed by atoms with van der Waals surface area (Å²) >= 11 is 1.83. The lowest BCUT2D eigenvalue weighted by atomic mass is 9.97. The van der Waals surface area contributed by atoms with E-state index in [-0.39, 0.29) is 17.0 Å². The van der Waals surface area contributed by atoms with Gasteiger partial charge >= 0.3 is 0 Å². The molecular weight excluding hydrogens is 578 g/mol. The number of halogens is 1. The molecule has 0 saturated heterocycles. The van der Waals surface area contributed by atoms with Crippen LogP contribution in [0.4, 0.5) is 5.69 Å². The van der Waals surface area contributed by atoms with Crippen molar-refractivity contribution in [3.63, 3.8) is 0 Å². The molecule has 2 aliphatic rings. The molecule has 0 fully saturated rings. The fourth-order valence-electron chi connectivity index (χ4n) is 4.65. The summed E-state index contributed by atoms with van der Waals surface area (Å²) in [6, 6.07) is 9.20. The molecule has 1 aromatic rings. The van der Waals surface area contributed by atoms with E-state index in [2.05, 4.69) is 61.4 Å². The van der Waals surface area contributed by atoms with Gasteiger partial charge in [0.1, 0.15) is 13.2 Å². The maximum atomic E-state index is 5.41. The van der Waals surface area contributed by atoms with Crippen molar-refractivity contribution in [3.8, 4) is 10.6 Å². The van der Waals surface area contributed by atoms with Crippen LogP contribution in [-0.4, -0.2) is 86.0 Å². The molecule has 0 radical (unpaired) electrons. The standard InChI is InChI=1S/C30H46N3O4S.BrH/c1-21(2)25-17-23(32(9-13-34-5)10-14-35-6)19-27-29(25)31-30-26(22(3)4)18-24(20-28(30)38-27)33(11-15-36-7)12-16-37-8;/h17-22H,9-16H2,1-8H3;1H/q+1;/p-1. The molecular formula is C30H46BrN3O4S. The minimum Gasteiger partial charge on any atom is -1.00 e. The topological polar surface area (TPSA) is 56.1 Å². The normalized spacial score (nSPS) is 11.5. The Morgan fingerprint density at radius 2 is 1.33 bits per heavy atom. The van der Waals surface area contributed by atoms with E-state index in [1.807, 2.05) is 11.3 Å². The number of benzene rings is 2. The second-order valence-electron chi connectivity index (χ2n) is 10.2. The summed E-state index contributed by atoms with van der Waals surface area (Å²) in [6.07, 6.45) is 0. The van der Waals surface area contributed by atoms with Crippen molar-refractivity contribution < 1.29 is 35.9 Å². The molecule has 0 unspecified atom stereocenters. The van der Waals surface area contributed by atoms with E-state index in [4.69, 9.17) is 23.9 Å². The lowest BCUT2D eigenvalue weighted by molar-refractivity contribution is -0.00000954. The molecule has 1 aliphatic heterocycles. The van der Waals surface area contributed by atoms with Gasteiger partial charge in [-0.05, 0) is 35.1 Å². The zero-order chi connectivity index (χ0) is 27.7. The Labute approximate surface area is 248 Å². The molecule has 0 aromatic heterocycles. The maximum Gasteiger partial charge on any atom is 0.201 e. The van der Waals surface area contributed by atoms with Gasteiger partial charge in [0.05, 0.1) is 34.0 Å². The van der Waals surface area contributed by atoms with Crippen LogP contribution in [0.15, 0.2) is 24.3 Å². The van der Waals surface area contributed by atoms with Crippen molar-refractivity contribution in [1.82, 2.24) is 9.56 Å². The van der Waals surface area contributed by atoms with E-state index in [9.17, 15) is 0 Å². The van der Waals surface area contributed by atoms with Crippen LogP contribution < -0.4 is 31.8 Å². The summed E-state index contributed by atoms with van der Waals surface area (Å²) < 4.78 is 25.2. The molecule has 0 amide bonds. The maximum absolute atomic E-state index is 5.41. The minimum absolute atomic E-state index is 0. The number of ether oxygens (including phenoxy) is 4. The number of fused-ring (bicyclic) bond motifs is 2. The Balaban J connectivity index is 0.00000533. The highest BCUT2D eigenvalue weighted by Crippen LogP contribution is 2.39. The highest BCUT2D eigenvalue weighted by Gasteiger charge is 2.21. The first-order valence-electron chi connectivity index (χ1n) is 13.6. The van der Waals surface area contributed by atoms with E-state index in [0.717, 1.165) is 37.4 Å². The van der Waals surface area contributed by atoms with Gasteiger partial charge in [-0.25, -0.2) is 9.56 Å². The van der Waals surface area contributed by atoms with Crippen LogP contribution in [-0.2, 0) is 18.9 Å². The van der Waals surface area contributed by atoms with Crippen LogP contribution >= 0.6 is 11.3 Å². The van der Waals surface area contributed by atoms with Gasteiger partial charge in [0.25, 0.3) is 0 Å². The Hall–Kier alpha value is -1.62. The molecule has 9 heteroatoms. The lowest BCUT2D eigenvalue weighted by Gasteiger charge is -2.26. The number of rotatable bonds is 15. The monoisotopic (exact) mass is 623 g/mol. The predicted octanol–water partition coefficient (Wildman–Crippen LogP) is 1.82. The molecule has 1 aromatic carbocycles. The quantitative estimate of drug-likeness (QED) is 0.190. The Kier molecular flexibility index (Phi) is 14.3. The van der Waals surface area contributed by atoms with E-state index in [0.29, 0.717) is 38.3 Å². The lowest BCUT2D eigenvalue weighted by Crippen LogP contribution is -3.00. The van der Waals surface area contributed by atoms with Crippen LogP contribution in [0.1, 0.15) is 50.7 Å². The molecule has 0 atom stereocenters. The molecule has 0 saturated carbocycles. The van der Waals surface area contributed by atoms with Crippen molar-refractivity contribution in [2.24, 2.45) is 0 Å². The summed E-state index contributed by atoms with van der Waals surface area (Å²) in [7, 11) is 7.00. The van der Waals surface area contributed by atoms with Crippen molar-refractivity contribution >= 4 is 27.2 Å². The van der Waals surface area contributed by atoms with Gasteiger partial charge in [0, 0.05) is 59.3 Å². The first-order valence-corrected chi connectivity index (χ1v) is 14.4. The number of hydrogen-bond donors (Lipinski definition) is 0. The van der Waals surface area contributed by atoms with E-state index < -0.39 is 0 Å². The predicted molar refractivity (Wildman–Crippen MR) is 159 cm³/mol. The number of aromatic nitrogens is 1. The summed E-state index contributed by atoms with van der Waals surface area (Å²) in [4.78, 5) is 8.89. The van der Waals surface area contributed by atoms with Crippen molar-refractivity contribution in [2.75, 3.05) is 85.9 Å². The molecule has 0 N–H and O–H groups in total. The van der Waals surface area contributed by atoms with E-state index in [1.165, 1.54) is 31.7 Å². The summed E-state index contributed by atoms with van der Waals surface area (Å²) in [5.74, 6) is 0.698. The summed E-state index contributed by atoms with van der Waals surface area (Å²) in [5, 5.41) is 1.19. The Morgan fingerprint density at radius 3 is 1.85 bits per heavy atom. The molecule has 3 rings (SSSR count). The third-order valence-corrected chi connectivity index (χ3v) is 7.92. The molecule has 39 heavy (non-hydrogen) atoms. The third-order valence-electron chi connectivity index (χ3n) is 6.86. The SMILES string of the molecule is COCCN(CCOC)c1cc(C(C)C)c2nc3c(C(C)C)cc(=[N+](CCOC)CCOC)cc-3sc2c1.[Br-]. The fraction of sp³-hybridized carbons (Fsp3) is 0.600. The van der Waals surface area contributed by atoms with Crippen LogP contribution in [0.25, 0.3) is 20.8 Å². The second-order valence-corrected chi connectivity index (χ2v) is 11.3. The average Bonchev–Trinajstić information content (AvgIpc) is 2.90. The van der Waals surface area contributed by atoms with Gasteiger partial charge in [-0.1, -0.05) is 27.7 Å². The van der Waals surface area contributed by atoms with Gasteiger partial charge in [0.2, 0.25) is 5.36 Å². The fourth-order valence-corrected chi connectivity index (χ4v) is 5.76. The van der Waals surface area contributed by atoms with Gasteiger partial charge in [-0.2, -0.15) is 0 Å². The first-order chi connectivity index (χ1) is 18.3. The number of hydrogen-bond acceptors (Lipinski definition) is 7. The van der Waals surface area contributed by atoms with Crippen molar-refractivity contribution in [2.45, 2.75) is 39.5 Å². The van der Waals surface area contributed by atoms with Crippen LogP contribution in [0, 0.1) is 0 Å². The molecule has 0 bridgehead atoms. The first kappa shape index (κ1) is 33.6. The average molecular weight is 625 g/mol. The molecule has 7 nitrogen and oxygen atoms in total. The minimum atomic E-state index is 0. The third kappa shape index (κ3) is 8.68. The van der Waals surface area contributed by atoms with Crippen molar-refractivity contribution in [1.29, 1.82) is 0 Å². The van der Waals surface area contributed by atoms with Crippen LogP contribution in [0.3, 0.4) is 0 Å². The largest absolute Gasteiger partial charge is 1.00 e. The smallest absolute Gasteiger partial charge is 0.201 e. The van der Waals surface area contributed by atoms with E-state index >= 15 is 0 Å². The number of anilines is 1. The molecule has 1 heterocycles. The van der Waals surface area contributed by atoms with Gasteiger partial charge in [-0.15, -0.1) is 11.3 Å². The highest BCUT2D eigenvalue weighted by molar-refractivity contribution is 7.21. The zero-order valence-corrected chi connectivity index (χ0v) is 27.3. The zero-order valence-electron chi connectivity index (χ0n) is 24.9. The van der Waals surface area contributed by atoms with Crippen molar-refractivity contribution in [3.05, 3.63) is 40.7 Å². The Bertz CT molecular complexity index is 1200. The molecule has 1 aliphatic carbocycles. The van der Waals surface area contributed by atoms with E-state index in [1.54, 1.807) is 28.4 Å². The van der Waals surface area contributed by atoms with Gasteiger partial charge in [0.15, 0.2) is 13.1 Å². The summed E-state index contributed by atoms with van der Waals surface area (Å²) in [6.45, 7) is 14.9. The van der Waals surface area contributed by atoms with Crippen LogP contribution in [0.5, 0.6) is 0 Å². The number of nitrogens with zero attached hydrogens (tertiary/aromatic N) is 3. The van der Waals surface area contributed by atoms with Crippen LogP contribution in [0.2, 0.25) is 0 Å².